The van der Waals surface area contributed by atoms with Gasteiger partial charge in [-0.2, -0.15) is 0 Å². The molecule has 0 fully saturated rings. The quantitative estimate of drug-likeness (QED) is 0.625. The minimum absolute atomic E-state index is 0.194. The van der Waals surface area contributed by atoms with Crippen molar-refractivity contribution in [1.82, 2.24) is 0 Å². The van der Waals surface area contributed by atoms with Crippen LogP contribution in [0.15, 0.2) is 30.3 Å². The number of methoxy groups -OCH3 is 1. The number of hydrogen-bond donors (Lipinski definition) is 1. The van der Waals surface area contributed by atoms with Crippen molar-refractivity contribution in [3.63, 3.8) is 0 Å². The van der Waals surface area contributed by atoms with Gasteiger partial charge in [-0.3, -0.25) is 0 Å². The van der Waals surface area contributed by atoms with Gasteiger partial charge >= 0.3 is 0 Å². The molecule has 1 aromatic carbocycles. The van der Waals surface area contributed by atoms with Gasteiger partial charge in [-0.25, -0.2) is 0 Å². The fourth-order valence-electron chi connectivity index (χ4n) is 1.57. The van der Waals surface area contributed by atoms with Crippen molar-refractivity contribution in [2.45, 2.75) is 19.4 Å². The lowest BCUT2D eigenvalue weighted by Crippen LogP contribution is -2.20. The second-order valence-corrected chi connectivity index (χ2v) is 4.39. The normalized spacial score (nSPS) is 12.3. The summed E-state index contributed by atoms with van der Waals surface area (Å²) in [4.78, 5) is 0. The molecule has 1 N–H and O–H groups in total. The molecule has 0 saturated carbocycles. The fraction of sp³-hybridized carbons (Fsp3) is 0.600. The van der Waals surface area contributed by atoms with Crippen LogP contribution in [0.4, 0.5) is 5.69 Å². The molecule has 0 saturated heterocycles. The third kappa shape index (κ3) is 8.59. The lowest BCUT2D eigenvalue weighted by molar-refractivity contribution is 0.0342. The molecule has 1 unspecified atom stereocenters. The molecule has 0 aliphatic rings. The van der Waals surface area contributed by atoms with Crippen LogP contribution in [0.3, 0.4) is 0 Å². The van der Waals surface area contributed by atoms with Gasteiger partial charge in [0.15, 0.2) is 0 Å². The molecule has 0 radical (unpaired) electrons. The van der Waals surface area contributed by atoms with Crippen LogP contribution in [0.2, 0.25) is 0 Å². The second kappa shape index (κ2) is 10.8. The Morgan fingerprint density at radius 3 is 2.58 bits per heavy atom. The van der Waals surface area contributed by atoms with Crippen LogP contribution in [-0.2, 0) is 14.2 Å². The third-order valence-electron chi connectivity index (χ3n) is 2.63. The summed E-state index contributed by atoms with van der Waals surface area (Å²) in [7, 11) is 1.67. The Morgan fingerprint density at radius 1 is 1.05 bits per heavy atom. The van der Waals surface area contributed by atoms with E-state index in [1.807, 2.05) is 18.2 Å². The van der Waals surface area contributed by atoms with E-state index in [9.17, 15) is 0 Å². The smallest absolute Gasteiger partial charge is 0.0719 e. The summed E-state index contributed by atoms with van der Waals surface area (Å²) in [6.07, 6.45) is 1.11. The van der Waals surface area contributed by atoms with Crippen molar-refractivity contribution < 1.29 is 14.2 Å². The maximum atomic E-state index is 5.70. The summed E-state index contributed by atoms with van der Waals surface area (Å²) < 4.78 is 16.0. The molecule has 4 nitrogen and oxygen atoms in total. The highest BCUT2D eigenvalue weighted by atomic mass is 16.5. The van der Waals surface area contributed by atoms with Gasteiger partial charge in [0.05, 0.1) is 19.3 Å². The Morgan fingerprint density at radius 2 is 1.84 bits per heavy atom. The zero-order valence-electron chi connectivity index (χ0n) is 11.9. The molecule has 0 aliphatic heterocycles. The molecule has 1 rings (SSSR count). The van der Waals surface area contributed by atoms with E-state index >= 15 is 0 Å². The fourth-order valence-corrected chi connectivity index (χ4v) is 1.57. The molecule has 1 aromatic rings. The summed E-state index contributed by atoms with van der Waals surface area (Å²) in [5.41, 5.74) is 1.13. The average molecular weight is 267 g/mol. The highest BCUT2D eigenvalue weighted by Gasteiger charge is 2.01. The van der Waals surface area contributed by atoms with Crippen LogP contribution >= 0.6 is 0 Å². The van der Waals surface area contributed by atoms with Gasteiger partial charge in [-0.1, -0.05) is 18.2 Å². The van der Waals surface area contributed by atoms with E-state index in [-0.39, 0.29) is 6.10 Å². The number of anilines is 1. The minimum Gasteiger partial charge on any atom is -0.382 e. The maximum absolute atomic E-state index is 5.70. The third-order valence-corrected chi connectivity index (χ3v) is 2.63. The molecular formula is C15H25NO3. The van der Waals surface area contributed by atoms with Gasteiger partial charge in [-0.05, 0) is 25.5 Å². The van der Waals surface area contributed by atoms with Crippen LogP contribution in [0, 0.1) is 0 Å². The van der Waals surface area contributed by atoms with Crippen molar-refractivity contribution in [3.05, 3.63) is 30.3 Å². The van der Waals surface area contributed by atoms with Gasteiger partial charge < -0.3 is 19.5 Å². The Labute approximate surface area is 116 Å². The number of para-hydroxylation sites is 1. The molecule has 108 valence electrons. The standard InChI is InChI=1S/C15H25NO3/c1-14(13-16-15-7-4-3-5-8-15)19-10-6-9-18-12-11-17-2/h3-5,7-8,14,16H,6,9-13H2,1-2H3. The topological polar surface area (TPSA) is 39.7 Å². The van der Waals surface area contributed by atoms with Crippen molar-refractivity contribution in [2.75, 3.05) is 45.4 Å². The van der Waals surface area contributed by atoms with Crippen LogP contribution < -0.4 is 5.32 Å². The molecule has 0 heterocycles. The minimum atomic E-state index is 0.194. The number of ether oxygens (including phenoxy) is 3. The Bertz CT molecular complexity index is 306. The Hall–Kier alpha value is -1.10. The molecule has 0 spiro atoms. The number of hydrogen-bond acceptors (Lipinski definition) is 4. The average Bonchev–Trinajstić information content (AvgIpc) is 2.45. The zero-order valence-corrected chi connectivity index (χ0v) is 11.9. The highest BCUT2D eigenvalue weighted by molar-refractivity contribution is 5.42. The van der Waals surface area contributed by atoms with Gasteiger partial charge in [0.2, 0.25) is 0 Å². The number of rotatable bonds is 11. The Kier molecular flexibility index (Phi) is 9.06. The van der Waals surface area contributed by atoms with Crippen LogP contribution in [0.25, 0.3) is 0 Å². The van der Waals surface area contributed by atoms with Gasteiger partial charge in [0.25, 0.3) is 0 Å². The van der Waals surface area contributed by atoms with Gasteiger partial charge in [0, 0.05) is 32.6 Å². The number of benzene rings is 1. The van der Waals surface area contributed by atoms with E-state index in [1.54, 1.807) is 7.11 Å². The first-order chi connectivity index (χ1) is 9.33. The predicted octanol–water partition coefficient (Wildman–Crippen LogP) is 2.56. The van der Waals surface area contributed by atoms with E-state index in [2.05, 4.69) is 24.4 Å². The Balaban J connectivity index is 1.95. The van der Waals surface area contributed by atoms with Crippen molar-refractivity contribution in [3.8, 4) is 0 Å². The molecule has 0 aromatic heterocycles. The van der Waals surface area contributed by atoms with Gasteiger partial charge in [0.1, 0.15) is 0 Å². The summed E-state index contributed by atoms with van der Waals surface area (Å²) >= 11 is 0. The van der Waals surface area contributed by atoms with Crippen molar-refractivity contribution in [1.29, 1.82) is 0 Å². The number of nitrogens with one attached hydrogen (secondary N) is 1. The summed E-state index contributed by atoms with van der Waals surface area (Å²) in [6.45, 7) is 5.64. The van der Waals surface area contributed by atoms with E-state index < -0.39 is 0 Å². The molecule has 19 heavy (non-hydrogen) atoms. The summed E-state index contributed by atoms with van der Waals surface area (Å²) in [6, 6.07) is 10.2. The maximum Gasteiger partial charge on any atom is 0.0719 e. The largest absolute Gasteiger partial charge is 0.382 e. The molecule has 1 atom stereocenters. The molecular weight excluding hydrogens is 242 g/mol. The first-order valence-electron chi connectivity index (χ1n) is 6.80. The van der Waals surface area contributed by atoms with E-state index in [0.29, 0.717) is 13.2 Å². The van der Waals surface area contributed by atoms with E-state index in [1.165, 1.54) is 0 Å². The SMILES string of the molecule is COCCOCCCOC(C)CNc1ccccc1. The van der Waals surface area contributed by atoms with Crippen LogP contribution in [-0.4, -0.2) is 46.2 Å². The summed E-state index contributed by atoms with van der Waals surface area (Å²) in [5.74, 6) is 0. The summed E-state index contributed by atoms with van der Waals surface area (Å²) in [5, 5.41) is 3.34. The van der Waals surface area contributed by atoms with E-state index in [0.717, 1.165) is 31.9 Å². The molecule has 0 amide bonds. The van der Waals surface area contributed by atoms with Crippen LogP contribution in [0.5, 0.6) is 0 Å². The molecule has 0 bridgehead atoms. The zero-order chi connectivity index (χ0) is 13.8. The molecule has 4 heteroatoms. The van der Waals surface area contributed by atoms with Crippen molar-refractivity contribution in [2.24, 2.45) is 0 Å². The van der Waals surface area contributed by atoms with E-state index in [4.69, 9.17) is 14.2 Å². The molecule has 0 aliphatic carbocycles. The lowest BCUT2D eigenvalue weighted by Gasteiger charge is -2.14. The van der Waals surface area contributed by atoms with Crippen molar-refractivity contribution >= 4 is 5.69 Å². The van der Waals surface area contributed by atoms with Crippen LogP contribution in [0.1, 0.15) is 13.3 Å². The second-order valence-electron chi connectivity index (χ2n) is 4.39. The first kappa shape index (κ1) is 16.0. The first-order valence-corrected chi connectivity index (χ1v) is 6.80. The monoisotopic (exact) mass is 267 g/mol. The van der Waals surface area contributed by atoms with Gasteiger partial charge in [-0.15, -0.1) is 0 Å². The highest BCUT2D eigenvalue weighted by Crippen LogP contribution is 2.05. The lowest BCUT2D eigenvalue weighted by atomic mass is 10.3. The predicted molar refractivity (Wildman–Crippen MR) is 77.7 cm³/mol.